The van der Waals surface area contributed by atoms with Gasteiger partial charge in [0.25, 0.3) is 5.91 Å². The number of unbranched alkanes of at least 4 members (excludes halogenated alkanes) is 1. The lowest BCUT2D eigenvalue weighted by Gasteiger charge is -2.22. The number of aliphatic carboxylic acids is 1. The zero-order valence-corrected chi connectivity index (χ0v) is 13.8. The lowest BCUT2D eigenvalue weighted by Crippen LogP contribution is -2.37. The molecule has 1 N–H and O–H groups in total. The summed E-state index contributed by atoms with van der Waals surface area (Å²) in [4.78, 5) is 38.8. The second-order valence-electron chi connectivity index (χ2n) is 5.99. The Balaban J connectivity index is 1.80. The van der Waals surface area contributed by atoms with E-state index in [4.69, 9.17) is 5.11 Å². The molecule has 6 nitrogen and oxygen atoms in total. The van der Waals surface area contributed by atoms with E-state index in [-0.39, 0.29) is 18.2 Å². The smallest absolute Gasteiger partial charge is 0.303 e. The molecule has 0 radical (unpaired) electrons. The van der Waals surface area contributed by atoms with E-state index in [0.29, 0.717) is 51.0 Å². The summed E-state index contributed by atoms with van der Waals surface area (Å²) in [5, 5.41) is 8.61. The minimum Gasteiger partial charge on any atom is -0.481 e. The van der Waals surface area contributed by atoms with Crippen LogP contribution in [-0.4, -0.2) is 58.9 Å². The maximum atomic E-state index is 12.5. The number of carboxylic acid groups (broad SMARTS) is 1. The van der Waals surface area contributed by atoms with Crippen LogP contribution < -0.4 is 0 Å². The summed E-state index contributed by atoms with van der Waals surface area (Å²) in [6.45, 7) is 2.37. The van der Waals surface area contributed by atoms with E-state index in [0.717, 1.165) is 6.42 Å². The van der Waals surface area contributed by atoms with Crippen molar-refractivity contribution in [1.82, 2.24) is 9.80 Å². The Labute approximate surface area is 142 Å². The Bertz CT molecular complexity index is 574. The molecule has 0 atom stereocenters. The van der Waals surface area contributed by atoms with Crippen molar-refractivity contribution in [2.45, 2.75) is 32.1 Å². The van der Waals surface area contributed by atoms with Gasteiger partial charge in [-0.25, -0.2) is 0 Å². The minimum atomic E-state index is -0.827. The average molecular weight is 332 g/mol. The largest absolute Gasteiger partial charge is 0.481 e. The van der Waals surface area contributed by atoms with Crippen LogP contribution in [0.2, 0.25) is 0 Å². The quantitative estimate of drug-likeness (QED) is 0.808. The summed E-state index contributed by atoms with van der Waals surface area (Å²) < 4.78 is 0. The van der Waals surface area contributed by atoms with Crippen LogP contribution >= 0.6 is 0 Å². The van der Waals surface area contributed by atoms with E-state index in [1.165, 1.54) is 0 Å². The van der Waals surface area contributed by atoms with Gasteiger partial charge in [-0.3, -0.25) is 14.4 Å². The summed E-state index contributed by atoms with van der Waals surface area (Å²) in [6, 6.07) is 9.18. The number of carbonyl (C=O) groups excluding carboxylic acids is 2. The zero-order chi connectivity index (χ0) is 17.4. The van der Waals surface area contributed by atoms with Crippen LogP contribution in [0.4, 0.5) is 0 Å². The summed E-state index contributed by atoms with van der Waals surface area (Å²) in [5.41, 5.74) is 0.672. The van der Waals surface area contributed by atoms with Crippen molar-refractivity contribution in [3.8, 4) is 0 Å². The highest BCUT2D eigenvalue weighted by molar-refractivity contribution is 5.94. The van der Waals surface area contributed by atoms with Crippen molar-refractivity contribution in [3.63, 3.8) is 0 Å². The number of carboxylic acids is 1. The van der Waals surface area contributed by atoms with Crippen LogP contribution in [-0.2, 0) is 9.59 Å². The van der Waals surface area contributed by atoms with Crippen LogP contribution in [0.3, 0.4) is 0 Å². The molecular weight excluding hydrogens is 308 g/mol. The van der Waals surface area contributed by atoms with Crippen LogP contribution in [0, 0.1) is 0 Å². The molecule has 2 rings (SSSR count). The first-order valence-electron chi connectivity index (χ1n) is 8.42. The topological polar surface area (TPSA) is 77.9 Å². The molecule has 1 saturated heterocycles. The zero-order valence-electron chi connectivity index (χ0n) is 13.8. The monoisotopic (exact) mass is 332 g/mol. The van der Waals surface area contributed by atoms with Gasteiger partial charge in [-0.05, 0) is 31.4 Å². The summed E-state index contributed by atoms with van der Waals surface area (Å²) in [5.74, 6) is -0.770. The van der Waals surface area contributed by atoms with Crippen LogP contribution in [0.1, 0.15) is 42.5 Å². The summed E-state index contributed by atoms with van der Waals surface area (Å²) >= 11 is 0. The Morgan fingerprint density at radius 3 is 2.21 bits per heavy atom. The maximum absolute atomic E-state index is 12.5. The molecule has 0 aliphatic carbocycles. The van der Waals surface area contributed by atoms with Crippen molar-refractivity contribution >= 4 is 17.8 Å². The van der Waals surface area contributed by atoms with Crippen LogP contribution in [0.25, 0.3) is 0 Å². The van der Waals surface area contributed by atoms with Gasteiger partial charge < -0.3 is 14.9 Å². The van der Waals surface area contributed by atoms with Gasteiger partial charge in [-0.1, -0.05) is 18.2 Å². The van der Waals surface area contributed by atoms with Gasteiger partial charge in [-0.2, -0.15) is 0 Å². The van der Waals surface area contributed by atoms with Crippen molar-refractivity contribution in [2.75, 3.05) is 26.2 Å². The van der Waals surface area contributed by atoms with E-state index in [1.54, 1.807) is 21.9 Å². The third-order valence-corrected chi connectivity index (χ3v) is 4.19. The fourth-order valence-corrected chi connectivity index (χ4v) is 2.84. The third-order valence-electron chi connectivity index (χ3n) is 4.19. The number of hydrogen-bond donors (Lipinski definition) is 1. The first-order chi connectivity index (χ1) is 11.6. The first-order valence-corrected chi connectivity index (χ1v) is 8.42. The van der Waals surface area contributed by atoms with E-state index >= 15 is 0 Å². The van der Waals surface area contributed by atoms with E-state index in [1.807, 2.05) is 18.2 Å². The van der Waals surface area contributed by atoms with E-state index < -0.39 is 5.97 Å². The molecule has 1 heterocycles. The van der Waals surface area contributed by atoms with Crippen molar-refractivity contribution in [3.05, 3.63) is 35.9 Å². The minimum absolute atomic E-state index is 0.00589. The molecular formula is C18H24N2O4. The molecule has 0 spiro atoms. The Morgan fingerprint density at radius 1 is 0.875 bits per heavy atom. The third kappa shape index (κ3) is 5.37. The highest BCUT2D eigenvalue weighted by atomic mass is 16.4. The molecule has 6 heteroatoms. The number of rotatable bonds is 6. The fraction of sp³-hybridized carbons (Fsp3) is 0.500. The molecule has 1 aromatic rings. The van der Waals surface area contributed by atoms with E-state index in [2.05, 4.69) is 0 Å². The Hall–Kier alpha value is -2.37. The van der Waals surface area contributed by atoms with Crippen LogP contribution in [0.5, 0.6) is 0 Å². The van der Waals surface area contributed by atoms with Crippen LogP contribution in [0.15, 0.2) is 30.3 Å². The molecule has 0 bridgehead atoms. The summed E-state index contributed by atoms with van der Waals surface area (Å²) in [6.07, 6.45) is 2.35. The molecule has 130 valence electrons. The van der Waals surface area contributed by atoms with Gasteiger partial charge in [0.15, 0.2) is 0 Å². The van der Waals surface area contributed by atoms with E-state index in [9.17, 15) is 14.4 Å². The SMILES string of the molecule is O=C(O)CCCCC(=O)N1CCCN(C(=O)c2ccccc2)CC1. The number of amides is 2. The second kappa shape index (κ2) is 9.05. The predicted octanol–water partition coefficient (Wildman–Crippen LogP) is 2.01. The van der Waals surface area contributed by atoms with Gasteiger partial charge in [0.1, 0.15) is 0 Å². The molecule has 1 aromatic carbocycles. The normalized spacial score (nSPS) is 15.0. The highest BCUT2D eigenvalue weighted by Gasteiger charge is 2.22. The number of benzene rings is 1. The van der Waals surface area contributed by atoms with Gasteiger partial charge in [0, 0.05) is 44.6 Å². The Kier molecular flexibility index (Phi) is 6.78. The summed E-state index contributed by atoms with van der Waals surface area (Å²) in [7, 11) is 0. The molecule has 24 heavy (non-hydrogen) atoms. The standard InChI is InChI=1S/C18H24N2O4/c21-16(9-4-5-10-17(22)23)19-11-6-12-20(14-13-19)18(24)15-7-2-1-3-8-15/h1-3,7-8H,4-6,9-14H2,(H,22,23). The predicted molar refractivity (Wildman–Crippen MR) is 89.6 cm³/mol. The number of carbonyl (C=O) groups is 3. The molecule has 2 amide bonds. The lowest BCUT2D eigenvalue weighted by atomic mass is 10.2. The first kappa shape index (κ1) is 18.0. The highest BCUT2D eigenvalue weighted by Crippen LogP contribution is 2.11. The number of hydrogen-bond acceptors (Lipinski definition) is 3. The number of nitrogens with zero attached hydrogens (tertiary/aromatic N) is 2. The van der Waals surface area contributed by atoms with Crippen molar-refractivity contribution in [2.24, 2.45) is 0 Å². The van der Waals surface area contributed by atoms with Crippen molar-refractivity contribution in [1.29, 1.82) is 0 Å². The van der Waals surface area contributed by atoms with Gasteiger partial charge in [0.2, 0.25) is 5.91 Å². The fourth-order valence-electron chi connectivity index (χ4n) is 2.84. The molecule has 1 aliphatic rings. The molecule has 0 aromatic heterocycles. The van der Waals surface area contributed by atoms with Gasteiger partial charge in [0.05, 0.1) is 0 Å². The molecule has 0 unspecified atom stereocenters. The maximum Gasteiger partial charge on any atom is 0.303 e. The lowest BCUT2D eigenvalue weighted by molar-refractivity contribution is -0.137. The van der Waals surface area contributed by atoms with Crippen molar-refractivity contribution < 1.29 is 19.5 Å². The van der Waals surface area contributed by atoms with Gasteiger partial charge in [-0.15, -0.1) is 0 Å². The average Bonchev–Trinajstić information content (AvgIpc) is 2.84. The molecule has 1 fully saturated rings. The van der Waals surface area contributed by atoms with Gasteiger partial charge >= 0.3 is 5.97 Å². The molecule has 0 saturated carbocycles. The molecule has 1 aliphatic heterocycles. The Morgan fingerprint density at radius 2 is 1.50 bits per heavy atom. The second-order valence-corrected chi connectivity index (χ2v) is 5.99.